The standard InChI is InChI=1S/C27H38N8O6/c1-25(2)10-11-40-19-15(8-5-9-16(19)25)21(36)32-18-13-35-23(29)31-17(12-30-24(37)41-14-6-3-4-7-14)20-26(35,27(18,38)39)34-22(28)33-20/h5,8-9,14,17-18,20,38-39H,3-4,6-7,10-13H2,1-2H3,(H2,29,31)(H,30,37)(H,32,36)(H3,28,33,34)/t17-,18?,20?,26?/m0/s1. The zero-order valence-electron chi connectivity index (χ0n) is 23.2. The minimum absolute atomic E-state index is 0.0130. The quantitative estimate of drug-likeness (QED) is 0.219. The third-order valence-electron chi connectivity index (χ3n) is 9.10. The number of fused-ring (bicyclic) bond motifs is 1. The summed E-state index contributed by atoms with van der Waals surface area (Å²) in [5.41, 5.74) is 11.7. The van der Waals surface area contributed by atoms with Gasteiger partial charge in [0.1, 0.15) is 23.9 Å². The van der Waals surface area contributed by atoms with E-state index < -0.39 is 41.6 Å². The predicted octanol–water partition coefficient (Wildman–Crippen LogP) is -0.810. The molecule has 14 nitrogen and oxygen atoms in total. The molecule has 2 amide bonds. The summed E-state index contributed by atoms with van der Waals surface area (Å²) in [4.78, 5) is 36.4. The maximum absolute atomic E-state index is 13.6. The van der Waals surface area contributed by atoms with Gasteiger partial charge in [0.05, 0.1) is 18.2 Å². The van der Waals surface area contributed by atoms with E-state index in [0.717, 1.165) is 37.7 Å². The zero-order chi connectivity index (χ0) is 29.2. The number of ether oxygens (including phenoxy) is 2. The molecule has 1 spiro atoms. The summed E-state index contributed by atoms with van der Waals surface area (Å²) in [6.45, 7) is 4.53. The van der Waals surface area contributed by atoms with E-state index >= 15 is 0 Å². The molecule has 1 aromatic rings. The van der Waals surface area contributed by atoms with Gasteiger partial charge in [0.25, 0.3) is 5.91 Å². The number of guanidine groups is 2. The van der Waals surface area contributed by atoms with Crippen molar-refractivity contribution in [3.05, 3.63) is 29.3 Å². The van der Waals surface area contributed by atoms with Crippen LogP contribution in [0.15, 0.2) is 28.2 Å². The average Bonchev–Trinajstić information content (AvgIpc) is 3.60. The van der Waals surface area contributed by atoms with Gasteiger partial charge in [0.2, 0.25) is 5.79 Å². The van der Waals surface area contributed by atoms with Crippen molar-refractivity contribution in [1.29, 1.82) is 0 Å². The number of aliphatic hydroxyl groups is 2. The smallest absolute Gasteiger partial charge is 0.407 e. The maximum Gasteiger partial charge on any atom is 0.407 e. The van der Waals surface area contributed by atoms with Crippen LogP contribution < -0.4 is 32.2 Å². The summed E-state index contributed by atoms with van der Waals surface area (Å²) in [6, 6.07) is 2.41. The molecule has 222 valence electrons. The van der Waals surface area contributed by atoms with Crippen LogP contribution in [0.5, 0.6) is 5.75 Å². The molecule has 9 N–H and O–H groups in total. The zero-order valence-corrected chi connectivity index (χ0v) is 23.2. The number of aliphatic imine (C=N–C) groups is 2. The lowest BCUT2D eigenvalue weighted by Crippen LogP contribution is -2.78. The van der Waals surface area contributed by atoms with E-state index in [0.29, 0.717) is 17.9 Å². The van der Waals surface area contributed by atoms with Gasteiger partial charge in [-0.1, -0.05) is 26.0 Å². The van der Waals surface area contributed by atoms with Gasteiger partial charge in [-0.3, -0.25) is 4.79 Å². The first-order valence-electron chi connectivity index (χ1n) is 14.1. The first-order valence-corrected chi connectivity index (χ1v) is 14.1. The number of alkyl carbamates (subject to hydrolysis) is 1. The molecular weight excluding hydrogens is 532 g/mol. The summed E-state index contributed by atoms with van der Waals surface area (Å²) in [5.74, 6) is -2.70. The first-order chi connectivity index (χ1) is 19.4. The minimum atomic E-state index is -2.60. The number of amides is 2. The molecule has 4 atom stereocenters. The van der Waals surface area contributed by atoms with Crippen molar-refractivity contribution >= 4 is 23.9 Å². The lowest BCUT2D eigenvalue weighted by Gasteiger charge is -2.49. The molecule has 4 heterocycles. The summed E-state index contributed by atoms with van der Waals surface area (Å²) < 4.78 is 11.4. The van der Waals surface area contributed by atoms with Crippen molar-refractivity contribution in [2.45, 2.75) is 87.0 Å². The Morgan fingerprint density at radius 2 is 1.98 bits per heavy atom. The normalized spacial score (nSPS) is 31.0. The van der Waals surface area contributed by atoms with Crippen molar-refractivity contribution in [1.82, 2.24) is 20.9 Å². The second-order valence-electron chi connectivity index (χ2n) is 12.1. The molecule has 5 aliphatic rings. The van der Waals surface area contributed by atoms with Crippen LogP contribution in [-0.2, 0) is 10.2 Å². The van der Waals surface area contributed by atoms with E-state index in [4.69, 9.17) is 20.9 Å². The number of carbonyl (C=O) groups excluding carboxylic acids is 2. The fraction of sp³-hybridized carbons (Fsp3) is 0.630. The van der Waals surface area contributed by atoms with E-state index in [1.165, 1.54) is 4.90 Å². The molecular formula is C27H38N8O6. The Morgan fingerprint density at radius 3 is 2.73 bits per heavy atom. The second-order valence-corrected chi connectivity index (χ2v) is 12.1. The molecule has 0 bridgehead atoms. The van der Waals surface area contributed by atoms with E-state index in [9.17, 15) is 19.8 Å². The van der Waals surface area contributed by atoms with E-state index in [-0.39, 0.29) is 36.5 Å². The molecule has 41 heavy (non-hydrogen) atoms. The fourth-order valence-corrected chi connectivity index (χ4v) is 6.82. The number of benzene rings is 1. The van der Waals surface area contributed by atoms with Crippen molar-refractivity contribution in [2.24, 2.45) is 21.5 Å². The highest BCUT2D eigenvalue weighted by atomic mass is 16.6. The SMILES string of the molecule is CC1(C)CCOc2c(C(=O)NC3CN4C(N)=N[C@@H](CNC(=O)OC5CCCC5)C5N=C(N)NC54C3(O)O)cccc21. The van der Waals surface area contributed by atoms with Crippen LogP contribution in [0.2, 0.25) is 0 Å². The van der Waals surface area contributed by atoms with Gasteiger partial charge in [0.15, 0.2) is 17.6 Å². The van der Waals surface area contributed by atoms with Crippen molar-refractivity contribution in [3.8, 4) is 5.75 Å². The van der Waals surface area contributed by atoms with Crippen LogP contribution in [0.4, 0.5) is 4.79 Å². The molecule has 0 aromatic heterocycles. The van der Waals surface area contributed by atoms with Gasteiger partial charge in [0, 0.05) is 18.7 Å². The highest BCUT2D eigenvalue weighted by Crippen LogP contribution is 2.45. The van der Waals surface area contributed by atoms with Crippen LogP contribution >= 0.6 is 0 Å². The Morgan fingerprint density at radius 1 is 1.22 bits per heavy atom. The van der Waals surface area contributed by atoms with Crippen LogP contribution in [-0.4, -0.2) is 94.4 Å². The summed E-state index contributed by atoms with van der Waals surface area (Å²) in [5, 5.41) is 31.8. The maximum atomic E-state index is 13.6. The molecule has 4 aliphatic heterocycles. The minimum Gasteiger partial charge on any atom is -0.492 e. The van der Waals surface area contributed by atoms with E-state index in [2.05, 4.69) is 39.8 Å². The van der Waals surface area contributed by atoms with Crippen LogP contribution in [0.1, 0.15) is 61.9 Å². The molecule has 14 heteroatoms. The largest absolute Gasteiger partial charge is 0.492 e. The number of para-hydroxylation sites is 1. The molecule has 1 saturated carbocycles. The molecule has 1 saturated heterocycles. The molecule has 3 unspecified atom stereocenters. The number of hydrogen-bond acceptors (Lipinski definition) is 12. The molecule has 0 radical (unpaired) electrons. The van der Waals surface area contributed by atoms with E-state index in [1.54, 1.807) is 12.1 Å². The number of nitrogens with one attached hydrogen (secondary N) is 3. The lowest BCUT2D eigenvalue weighted by molar-refractivity contribution is -0.230. The molecule has 1 aliphatic carbocycles. The number of hydrogen-bond donors (Lipinski definition) is 7. The van der Waals surface area contributed by atoms with Crippen molar-refractivity contribution < 1.29 is 29.3 Å². The molecule has 1 aromatic carbocycles. The van der Waals surface area contributed by atoms with Crippen LogP contribution in [0, 0.1) is 0 Å². The second kappa shape index (κ2) is 9.65. The Hall–Kier alpha value is -3.78. The monoisotopic (exact) mass is 570 g/mol. The number of nitrogens with two attached hydrogens (primary N) is 2. The first kappa shape index (κ1) is 27.4. The van der Waals surface area contributed by atoms with Gasteiger partial charge in [-0.25, -0.2) is 14.8 Å². The highest BCUT2D eigenvalue weighted by molar-refractivity contribution is 5.98. The Balaban J connectivity index is 1.23. The van der Waals surface area contributed by atoms with Crippen LogP contribution in [0.3, 0.4) is 0 Å². The molecule has 2 fully saturated rings. The summed E-state index contributed by atoms with van der Waals surface area (Å²) in [7, 11) is 0. The van der Waals surface area contributed by atoms with Gasteiger partial charge >= 0.3 is 6.09 Å². The van der Waals surface area contributed by atoms with Crippen molar-refractivity contribution in [3.63, 3.8) is 0 Å². The predicted molar refractivity (Wildman–Crippen MR) is 148 cm³/mol. The lowest BCUT2D eigenvalue weighted by atomic mass is 9.79. The van der Waals surface area contributed by atoms with Gasteiger partial charge < -0.3 is 52.0 Å². The topological polar surface area (TPSA) is 209 Å². The van der Waals surface area contributed by atoms with Gasteiger partial charge in [-0.2, -0.15) is 0 Å². The fourth-order valence-electron chi connectivity index (χ4n) is 6.82. The number of rotatable bonds is 5. The number of carbonyl (C=O) groups is 2. The Labute approximate surface area is 237 Å². The Kier molecular flexibility index (Phi) is 6.45. The summed E-state index contributed by atoms with van der Waals surface area (Å²) >= 11 is 0. The van der Waals surface area contributed by atoms with Crippen molar-refractivity contribution in [2.75, 3.05) is 19.7 Å². The third-order valence-corrected chi connectivity index (χ3v) is 9.10. The third kappa shape index (κ3) is 4.31. The highest BCUT2D eigenvalue weighted by Gasteiger charge is 2.73. The molecule has 6 rings (SSSR count). The van der Waals surface area contributed by atoms with E-state index in [1.807, 2.05) is 6.07 Å². The number of nitrogens with zero attached hydrogens (tertiary/aromatic N) is 3. The van der Waals surface area contributed by atoms with Crippen LogP contribution in [0.25, 0.3) is 0 Å². The average molecular weight is 571 g/mol. The summed E-state index contributed by atoms with van der Waals surface area (Å²) in [6.07, 6.45) is 3.80. The van der Waals surface area contributed by atoms with Gasteiger partial charge in [-0.15, -0.1) is 0 Å². The Bertz CT molecular complexity index is 1310. The van der Waals surface area contributed by atoms with Gasteiger partial charge in [-0.05, 0) is 43.6 Å².